The average molecular weight is 359 g/mol. The fourth-order valence-electron chi connectivity index (χ4n) is 3.62. The van der Waals surface area contributed by atoms with Gasteiger partial charge in [0.1, 0.15) is 0 Å². The Labute approximate surface area is 160 Å². The molecule has 4 nitrogen and oxygen atoms in total. The van der Waals surface area contributed by atoms with Crippen molar-refractivity contribution in [2.75, 3.05) is 4.90 Å². The molecular formula is C23H25N3O. The minimum absolute atomic E-state index is 0.103. The van der Waals surface area contributed by atoms with Crippen LogP contribution in [0.2, 0.25) is 0 Å². The van der Waals surface area contributed by atoms with Crippen LogP contribution < -0.4 is 9.64 Å². The summed E-state index contributed by atoms with van der Waals surface area (Å²) in [6, 6.07) is 10.8. The summed E-state index contributed by atoms with van der Waals surface area (Å²) in [5.74, 6) is 2.07. The Balaban J connectivity index is 1.97. The first-order valence-electron chi connectivity index (χ1n) is 9.27. The van der Waals surface area contributed by atoms with Gasteiger partial charge >= 0.3 is 0 Å². The Morgan fingerprint density at radius 3 is 2.22 bits per heavy atom. The molecule has 0 radical (unpaired) electrons. The molecule has 27 heavy (non-hydrogen) atoms. The number of anilines is 3. The van der Waals surface area contributed by atoms with Gasteiger partial charge in [-0.3, -0.25) is 4.90 Å². The quantitative estimate of drug-likeness (QED) is 0.401. The van der Waals surface area contributed by atoms with Crippen LogP contribution >= 0.6 is 0 Å². The molecule has 1 aromatic heterocycles. The van der Waals surface area contributed by atoms with E-state index in [1.807, 2.05) is 6.07 Å². The Kier molecular flexibility index (Phi) is 3.95. The van der Waals surface area contributed by atoms with Gasteiger partial charge in [-0.25, -0.2) is 9.97 Å². The maximum atomic E-state index is 6.05. The van der Waals surface area contributed by atoms with Gasteiger partial charge in [0.2, 0.25) is 5.82 Å². The van der Waals surface area contributed by atoms with Gasteiger partial charge in [0.15, 0.2) is 5.75 Å². The van der Waals surface area contributed by atoms with Gasteiger partial charge in [0, 0.05) is 12.4 Å². The van der Waals surface area contributed by atoms with Crippen molar-refractivity contribution in [2.45, 2.75) is 47.0 Å². The SMILES string of the molecule is Cc1ccc2c(c1)Oc1nccnc1N2c1c(C)cc(C(C)(C)C)cc1C. The van der Waals surface area contributed by atoms with Crippen molar-refractivity contribution in [3.05, 3.63) is 65.0 Å². The zero-order valence-electron chi connectivity index (χ0n) is 16.8. The number of fused-ring (bicyclic) bond motifs is 2. The monoisotopic (exact) mass is 359 g/mol. The van der Waals surface area contributed by atoms with E-state index in [0.717, 1.165) is 28.5 Å². The van der Waals surface area contributed by atoms with Gasteiger partial charge in [-0.1, -0.05) is 39.0 Å². The highest BCUT2D eigenvalue weighted by atomic mass is 16.5. The van der Waals surface area contributed by atoms with E-state index in [4.69, 9.17) is 4.74 Å². The van der Waals surface area contributed by atoms with Gasteiger partial charge in [0.25, 0.3) is 5.88 Å². The van der Waals surface area contributed by atoms with Crippen LogP contribution in [-0.4, -0.2) is 9.97 Å². The third-order valence-electron chi connectivity index (χ3n) is 5.00. The molecule has 1 aliphatic rings. The highest BCUT2D eigenvalue weighted by Gasteiger charge is 2.30. The highest BCUT2D eigenvalue weighted by molar-refractivity contribution is 5.86. The number of hydrogen-bond donors (Lipinski definition) is 0. The zero-order chi connectivity index (χ0) is 19.3. The Hall–Kier alpha value is -2.88. The molecule has 0 saturated heterocycles. The molecule has 3 aromatic rings. The lowest BCUT2D eigenvalue weighted by Crippen LogP contribution is -2.21. The highest BCUT2D eigenvalue weighted by Crippen LogP contribution is 2.50. The first kappa shape index (κ1) is 17.5. The molecule has 0 fully saturated rings. The van der Waals surface area contributed by atoms with E-state index in [-0.39, 0.29) is 5.41 Å². The lowest BCUT2D eigenvalue weighted by Gasteiger charge is -2.34. The van der Waals surface area contributed by atoms with Gasteiger partial charge in [-0.2, -0.15) is 0 Å². The number of rotatable bonds is 1. The molecule has 138 valence electrons. The van der Waals surface area contributed by atoms with Crippen molar-refractivity contribution in [2.24, 2.45) is 0 Å². The second kappa shape index (κ2) is 6.08. The smallest absolute Gasteiger partial charge is 0.263 e. The molecule has 0 amide bonds. The molecule has 1 aliphatic heterocycles. The van der Waals surface area contributed by atoms with Crippen molar-refractivity contribution < 1.29 is 4.74 Å². The normalized spacial score (nSPS) is 13.0. The molecular weight excluding hydrogens is 334 g/mol. The maximum absolute atomic E-state index is 6.05. The fraction of sp³-hybridized carbons (Fsp3) is 0.304. The van der Waals surface area contributed by atoms with E-state index >= 15 is 0 Å². The molecule has 0 unspecified atom stereocenters. The van der Waals surface area contributed by atoms with E-state index in [0.29, 0.717) is 5.88 Å². The Morgan fingerprint density at radius 2 is 1.56 bits per heavy atom. The lowest BCUT2D eigenvalue weighted by molar-refractivity contribution is 0.453. The third kappa shape index (κ3) is 2.95. The van der Waals surface area contributed by atoms with Gasteiger partial charge in [-0.05, 0) is 60.6 Å². The molecule has 4 rings (SSSR count). The molecule has 4 heteroatoms. The number of aromatic nitrogens is 2. The second-order valence-corrected chi connectivity index (χ2v) is 8.30. The first-order valence-corrected chi connectivity index (χ1v) is 9.27. The van der Waals surface area contributed by atoms with Crippen LogP contribution in [0.5, 0.6) is 11.6 Å². The zero-order valence-corrected chi connectivity index (χ0v) is 16.8. The van der Waals surface area contributed by atoms with Crippen LogP contribution in [0.4, 0.5) is 17.2 Å². The number of benzene rings is 2. The molecule has 2 aromatic carbocycles. The number of aryl methyl sites for hydroxylation is 3. The summed E-state index contributed by atoms with van der Waals surface area (Å²) in [6.45, 7) is 13.1. The number of ether oxygens (including phenoxy) is 1. The van der Waals surface area contributed by atoms with Crippen LogP contribution in [0.15, 0.2) is 42.7 Å². The Bertz CT molecular complexity index is 1010. The van der Waals surface area contributed by atoms with Gasteiger partial charge in [0.05, 0.1) is 11.4 Å². The lowest BCUT2D eigenvalue weighted by atomic mass is 9.84. The Morgan fingerprint density at radius 1 is 0.889 bits per heavy atom. The van der Waals surface area contributed by atoms with E-state index in [1.54, 1.807) is 12.4 Å². The summed E-state index contributed by atoms with van der Waals surface area (Å²) >= 11 is 0. The van der Waals surface area contributed by atoms with E-state index < -0.39 is 0 Å². The van der Waals surface area contributed by atoms with Crippen molar-refractivity contribution in [3.63, 3.8) is 0 Å². The predicted molar refractivity (Wildman–Crippen MR) is 110 cm³/mol. The van der Waals surface area contributed by atoms with Crippen LogP contribution in [0, 0.1) is 20.8 Å². The second-order valence-electron chi connectivity index (χ2n) is 8.30. The summed E-state index contributed by atoms with van der Waals surface area (Å²) in [5, 5.41) is 0. The van der Waals surface area contributed by atoms with Crippen LogP contribution in [0.3, 0.4) is 0 Å². The van der Waals surface area contributed by atoms with Crippen LogP contribution in [0.25, 0.3) is 0 Å². The largest absolute Gasteiger partial charge is 0.434 e. The fourth-order valence-corrected chi connectivity index (χ4v) is 3.62. The van der Waals surface area contributed by atoms with E-state index in [9.17, 15) is 0 Å². The van der Waals surface area contributed by atoms with Crippen LogP contribution in [0.1, 0.15) is 43.0 Å². The van der Waals surface area contributed by atoms with E-state index in [2.05, 4.69) is 80.7 Å². The molecule has 0 bridgehead atoms. The molecule has 0 atom stereocenters. The summed E-state index contributed by atoms with van der Waals surface area (Å²) in [5.41, 5.74) is 7.14. The molecule has 0 spiro atoms. The minimum Gasteiger partial charge on any atom is -0.434 e. The standard InChI is InChI=1S/C23H25N3O/c1-14-7-8-18-19(11-14)27-22-21(24-9-10-25-22)26(18)20-15(2)12-17(13-16(20)3)23(4,5)6/h7-13H,1-6H3. The number of hydrogen-bond acceptors (Lipinski definition) is 4. The minimum atomic E-state index is 0.103. The summed E-state index contributed by atoms with van der Waals surface area (Å²) < 4.78 is 6.05. The predicted octanol–water partition coefficient (Wildman–Crippen LogP) is 6.27. The first-order chi connectivity index (χ1) is 12.8. The summed E-state index contributed by atoms with van der Waals surface area (Å²) in [4.78, 5) is 11.2. The van der Waals surface area contributed by atoms with Crippen molar-refractivity contribution in [1.29, 1.82) is 0 Å². The molecule has 0 aliphatic carbocycles. The van der Waals surface area contributed by atoms with E-state index in [1.165, 1.54) is 16.7 Å². The summed E-state index contributed by atoms with van der Waals surface area (Å²) in [6.07, 6.45) is 3.38. The third-order valence-corrected chi connectivity index (χ3v) is 5.00. The number of nitrogens with zero attached hydrogens (tertiary/aromatic N) is 3. The topological polar surface area (TPSA) is 38.3 Å². The maximum Gasteiger partial charge on any atom is 0.263 e. The van der Waals surface area contributed by atoms with Gasteiger partial charge in [-0.15, -0.1) is 0 Å². The average Bonchev–Trinajstić information content (AvgIpc) is 2.59. The summed E-state index contributed by atoms with van der Waals surface area (Å²) in [7, 11) is 0. The van der Waals surface area contributed by atoms with Crippen molar-refractivity contribution in [1.82, 2.24) is 9.97 Å². The van der Waals surface area contributed by atoms with Crippen molar-refractivity contribution in [3.8, 4) is 11.6 Å². The molecule has 0 N–H and O–H groups in total. The molecule has 2 heterocycles. The molecule has 0 saturated carbocycles. The van der Waals surface area contributed by atoms with Crippen molar-refractivity contribution >= 4 is 17.2 Å². The van der Waals surface area contributed by atoms with Gasteiger partial charge < -0.3 is 4.74 Å². The van der Waals surface area contributed by atoms with Crippen LogP contribution in [-0.2, 0) is 5.41 Å².